The second kappa shape index (κ2) is 7.51. The van der Waals surface area contributed by atoms with Gasteiger partial charge in [-0.2, -0.15) is 0 Å². The van der Waals surface area contributed by atoms with Gasteiger partial charge in [0.05, 0.1) is 26.5 Å². The lowest BCUT2D eigenvalue weighted by Crippen LogP contribution is -2.21. The van der Waals surface area contributed by atoms with Crippen molar-refractivity contribution >= 4 is 21.7 Å². The van der Waals surface area contributed by atoms with E-state index in [9.17, 15) is 4.79 Å². The maximum absolute atomic E-state index is 13.6. The molecule has 4 aromatic rings. The van der Waals surface area contributed by atoms with Gasteiger partial charge in [0.15, 0.2) is 5.75 Å². The lowest BCUT2D eigenvalue weighted by atomic mass is 10.0. The molecule has 0 saturated heterocycles. The lowest BCUT2D eigenvalue weighted by molar-refractivity contribution is 0.416. The Kier molecular flexibility index (Phi) is 4.89. The van der Waals surface area contributed by atoms with Crippen molar-refractivity contribution in [1.82, 2.24) is 9.36 Å². The highest BCUT2D eigenvalue weighted by atomic mass is 16.5. The predicted octanol–water partition coefficient (Wildman–Crippen LogP) is 4.93. The molecule has 0 saturated carbocycles. The zero-order valence-corrected chi connectivity index (χ0v) is 17.1. The van der Waals surface area contributed by atoms with Crippen LogP contribution in [0.2, 0.25) is 0 Å². The summed E-state index contributed by atoms with van der Waals surface area (Å²) in [6.07, 6.45) is 2.04. The molecule has 29 heavy (non-hydrogen) atoms. The van der Waals surface area contributed by atoms with Crippen molar-refractivity contribution in [1.29, 1.82) is 0 Å². The molecule has 0 atom stereocenters. The number of methoxy groups -OCH3 is 2. The average Bonchev–Trinajstić information content (AvgIpc) is 3.03. The highest BCUT2D eigenvalue weighted by molar-refractivity contribution is 6.10. The molecule has 0 N–H and O–H groups in total. The van der Waals surface area contributed by atoms with Crippen molar-refractivity contribution in [3.05, 3.63) is 76.6 Å². The maximum atomic E-state index is 13.6. The summed E-state index contributed by atoms with van der Waals surface area (Å²) < 4.78 is 15.3. The van der Waals surface area contributed by atoms with E-state index < -0.39 is 0 Å². The van der Waals surface area contributed by atoms with Gasteiger partial charge in [-0.05, 0) is 26.0 Å². The third-order valence-corrected chi connectivity index (χ3v) is 5.08. The number of nitrogens with zero attached hydrogens (tertiary/aromatic N) is 2. The fraction of sp³-hybridized carbons (Fsp3) is 0.208. The standard InChI is InChI=1S/C24H24N2O3/c1-16(2)14-15-25-24(27)20-21(26(25)17-10-6-5-7-11-17)23(29-4)19-13-9-8-12-18(19)22(20)28-3/h5-14H,15H2,1-4H3. The van der Waals surface area contributed by atoms with E-state index in [0.717, 1.165) is 22.0 Å². The van der Waals surface area contributed by atoms with Crippen molar-refractivity contribution in [2.75, 3.05) is 14.2 Å². The van der Waals surface area contributed by atoms with Crippen LogP contribution in [0.3, 0.4) is 0 Å². The summed E-state index contributed by atoms with van der Waals surface area (Å²) in [4.78, 5) is 13.6. The van der Waals surface area contributed by atoms with E-state index in [1.54, 1.807) is 18.9 Å². The van der Waals surface area contributed by atoms with Crippen LogP contribution in [0, 0.1) is 0 Å². The van der Waals surface area contributed by atoms with E-state index in [2.05, 4.69) is 0 Å². The molecule has 5 heteroatoms. The molecule has 0 aliphatic heterocycles. The minimum Gasteiger partial charge on any atom is -0.495 e. The van der Waals surface area contributed by atoms with Gasteiger partial charge in [0, 0.05) is 10.8 Å². The summed E-state index contributed by atoms with van der Waals surface area (Å²) in [6.45, 7) is 4.50. The quantitative estimate of drug-likeness (QED) is 0.456. The number of hydrogen-bond acceptors (Lipinski definition) is 3. The van der Waals surface area contributed by atoms with Crippen LogP contribution in [0.25, 0.3) is 27.4 Å². The molecule has 148 valence electrons. The number of fused-ring (bicyclic) bond motifs is 2. The third kappa shape index (κ3) is 2.99. The Bertz CT molecular complexity index is 1280. The van der Waals surface area contributed by atoms with Gasteiger partial charge in [-0.25, -0.2) is 9.36 Å². The van der Waals surface area contributed by atoms with Gasteiger partial charge in [0.2, 0.25) is 0 Å². The Morgan fingerprint density at radius 2 is 1.48 bits per heavy atom. The first kappa shape index (κ1) is 18.9. The molecule has 0 radical (unpaired) electrons. The van der Waals surface area contributed by atoms with Gasteiger partial charge < -0.3 is 9.47 Å². The molecule has 0 aliphatic rings. The highest BCUT2D eigenvalue weighted by Crippen LogP contribution is 2.42. The largest absolute Gasteiger partial charge is 0.495 e. The summed E-state index contributed by atoms with van der Waals surface area (Å²) >= 11 is 0. The number of aromatic nitrogens is 2. The molecule has 4 rings (SSSR count). The monoisotopic (exact) mass is 388 g/mol. The third-order valence-electron chi connectivity index (χ3n) is 5.08. The van der Waals surface area contributed by atoms with Crippen molar-refractivity contribution in [3.63, 3.8) is 0 Å². The lowest BCUT2D eigenvalue weighted by Gasteiger charge is -2.16. The Balaban J connectivity index is 2.27. The van der Waals surface area contributed by atoms with E-state index in [-0.39, 0.29) is 5.56 Å². The van der Waals surface area contributed by atoms with E-state index >= 15 is 0 Å². The van der Waals surface area contributed by atoms with Crippen LogP contribution < -0.4 is 15.0 Å². The molecule has 0 fully saturated rings. The fourth-order valence-electron chi connectivity index (χ4n) is 3.79. The van der Waals surface area contributed by atoms with E-state index in [1.807, 2.05) is 79.2 Å². The molecule has 0 amide bonds. The van der Waals surface area contributed by atoms with Crippen molar-refractivity contribution < 1.29 is 9.47 Å². The van der Waals surface area contributed by atoms with E-state index in [0.29, 0.717) is 28.9 Å². The van der Waals surface area contributed by atoms with Crippen molar-refractivity contribution in [2.45, 2.75) is 20.4 Å². The van der Waals surface area contributed by atoms with Crippen LogP contribution in [0.5, 0.6) is 11.5 Å². The van der Waals surface area contributed by atoms with Crippen molar-refractivity contribution in [3.8, 4) is 17.2 Å². The predicted molar refractivity (Wildman–Crippen MR) is 118 cm³/mol. The summed E-state index contributed by atoms with van der Waals surface area (Å²) in [7, 11) is 3.24. The zero-order chi connectivity index (χ0) is 20.5. The first-order valence-corrected chi connectivity index (χ1v) is 9.55. The smallest absolute Gasteiger partial charge is 0.279 e. The van der Waals surface area contributed by atoms with Gasteiger partial charge in [-0.3, -0.25) is 4.79 Å². The molecular weight excluding hydrogens is 364 g/mol. The molecule has 1 heterocycles. The van der Waals surface area contributed by atoms with Gasteiger partial charge >= 0.3 is 0 Å². The normalized spacial score (nSPS) is 11.0. The van der Waals surface area contributed by atoms with Crippen LogP contribution in [-0.4, -0.2) is 23.6 Å². The number of rotatable bonds is 5. The van der Waals surface area contributed by atoms with E-state index in [4.69, 9.17) is 9.47 Å². The van der Waals surface area contributed by atoms with Crippen LogP contribution in [0.1, 0.15) is 13.8 Å². The summed E-state index contributed by atoms with van der Waals surface area (Å²) in [5, 5.41) is 2.29. The number of ether oxygens (including phenoxy) is 2. The Hall–Kier alpha value is -3.47. The fourth-order valence-corrected chi connectivity index (χ4v) is 3.79. The molecular formula is C24H24N2O3. The van der Waals surface area contributed by atoms with Crippen LogP contribution in [-0.2, 0) is 6.54 Å². The minimum absolute atomic E-state index is 0.109. The zero-order valence-electron chi connectivity index (χ0n) is 17.1. The molecule has 1 aromatic heterocycles. The van der Waals surface area contributed by atoms with Crippen LogP contribution >= 0.6 is 0 Å². The Morgan fingerprint density at radius 1 is 0.897 bits per heavy atom. The highest BCUT2D eigenvalue weighted by Gasteiger charge is 2.25. The molecule has 0 spiro atoms. The molecule has 0 bridgehead atoms. The van der Waals surface area contributed by atoms with Gasteiger partial charge in [-0.1, -0.05) is 54.1 Å². The van der Waals surface area contributed by atoms with E-state index in [1.165, 1.54) is 0 Å². The van der Waals surface area contributed by atoms with Gasteiger partial charge in [0.25, 0.3) is 5.56 Å². The number of hydrogen-bond donors (Lipinski definition) is 0. The van der Waals surface area contributed by atoms with Crippen molar-refractivity contribution in [2.24, 2.45) is 0 Å². The first-order valence-electron chi connectivity index (χ1n) is 9.55. The second-order valence-electron chi connectivity index (χ2n) is 7.15. The average molecular weight is 388 g/mol. The summed E-state index contributed by atoms with van der Waals surface area (Å²) in [5.74, 6) is 1.23. The van der Waals surface area contributed by atoms with Gasteiger partial charge in [0.1, 0.15) is 16.7 Å². The molecule has 3 aromatic carbocycles. The number of benzene rings is 3. The maximum Gasteiger partial charge on any atom is 0.279 e. The Labute approximate surface area is 169 Å². The minimum atomic E-state index is -0.109. The molecule has 0 aliphatic carbocycles. The topological polar surface area (TPSA) is 45.4 Å². The Morgan fingerprint density at radius 3 is 2.07 bits per heavy atom. The van der Waals surface area contributed by atoms with Crippen LogP contribution in [0.15, 0.2) is 71.0 Å². The first-order chi connectivity index (χ1) is 14.1. The number of allylic oxidation sites excluding steroid dienone is 2. The number of para-hydroxylation sites is 1. The van der Waals surface area contributed by atoms with Crippen LogP contribution in [0.4, 0.5) is 0 Å². The molecule has 5 nitrogen and oxygen atoms in total. The molecule has 0 unspecified atom stereocenters. The summed E-state index contributed by atoms with van der Waals surface area (Å²) in [5.41, 5.74) is 2.63. The second-order valence-corrected chi connectivity index (χ2v) is 7.15. The SMILES string of the molecule is COc1c2ccccc2c(OC)c2c1c(=O)n(CC=C(C)C)n2-c1ccccc1. The van der Waals surface area contributed by atoms with Gasteiger partial charge in [-0.15, -0.1) is 0 Å². The summed E-state index contributed by atoms with van der Waals surface area (Å²) in [6, 6.07) is 17.7.